The first kappa shape index (κ1) is 27.0. The van der Waals surface area contributed by atoms with Crippen LogP contribution in [0.4, 0.5) is 0 Å². The fraction of sp³-hybridized carbons (Fsp3) is 0.857. The highest BCUT2D eigenvalue weighted by atomic mass is 28.4. The molecule has 0 aromatic heterocycles. The molecule has 0 aromatic rings. The number of ketones is 1. The highest BCUT2D eigenvalue weighted by Gasteiger charge is 2.74. The summed E-state index contributed by atoms with van der Waals surface area (Å²) in [5.74, 6) is -0.656. The number of ether oxygens (including phenoxy) is 3. The van der Waals surface area contributed by atoms with Gasteiger partial charge in [-0.3, -0.25) is 9.59 Å². The Morgan fingerprint density at radius 1 is 1.17 bits per heavy atom. The third kappa shape index (κ3) is 4.00. The molecule has 4 aliphatic rings. The Kier molecular flexibility index (Phi) is 6.78. The van der Waals surface area contributed by atoms with Crippen LogP contribution in [0.15, 0.2) is 12.2 Å². The van der Waals surface area contributed by atoms with E-state index >= 15 is 0 Å². The number of hydrogen-bond donors (Lipinski definition) is 0. The molecule has 1 heterocycles. The summed E-state index contributed by atoms with van der Waals surface area (Å²) >= 11 is 0. The van der Waals surface area contributed by atoms with Crippen molar-refractivity contribution in [3.05, 3.63) is 12.2 Å². The molecule has 4 fully saturated rings. The molecule has 0 unspecified atom stereocenters. The summed E-state index contributed by atoms with van der Waals surface area (Å²) in [6.07, 6.45) is 3.96. The van der Waals surface area contributed by atoms with Crippen molar-refractivity contribution in [3.8, 4) is 0 Å². The lowest BCUT2D eigenvalue weighted by atomic mass is 9.44. The second-order valence-corrected chi connectivity index (χ2v) is 18.6. The second kappa shape index (κ2) is 8.78. The molecule has 0 aromatic carbocycles. The van der Waals surface area contributed by atoms with Crippen LogP contribution in [0.1, 0.15) is 66.7 Å². The van der Waals surface area contributed by atoms with Gasteiger partial charge in [0.05, 0.1) is 12.7 Å². The van der Waals surface area contributed by atoms with Gasteiger partial charge in [0.25, 0.3) is 0 Å². The number of cyclic esters (lactones) is 1. The topological polar surface area (TPSA) is 71.1 Å². The van der Waals surface area contributed by atoms with Crippen molar-refractivity contribution in [1.29, 1.82) is 0 Å². The predicted molar refractivity (Wildman–Crippen MR) is 137 cm³/mol. The molecule has 198 valence electrons. The van der Waals surface area contributed by atoms with Crippen LogP contribution >= 0.6 is 0 Å². The predicted octanol–water partition coefficient (Wildman–Crippen LogP) is 5.52. The highest BCUT2D eigenvalue weighted by molar-refractivity contribution is 6.74. The van der Waals surface area contributed by atoms with Crippen LogP contribution in [0, 0.1) is 34.0 Å². The molecule has 1 aliphatic heterocycles. The molecule has 2 bridgehead atoms. The third-order valence-corrected chi connectivity index (χ3v) is 15.1. The van der Waals surface area contributed by atoms with E-state index in [4.69, 9.17) is 18.6 Å². The van der Waals surface area contributed by atoms with E-state index in [1.165, 1.54) is 0 Å². The molecule has 0 N–H and O–H groups in total. The van der Waals surface area contributed by atoms with Crippen LogP contribution < -0.4 is 0 Å². The van der Waals surface area contributed by atoms with Crippen molar-refractivity contribution in [2.75, 3.05) is 27.1 Å². The van der Waals surface area contributed by atoms with E-state index in [2.05, 4.69) is 54.3 Å². The van der Waals surface area contributed by atoms with Gasteiger partial charge in [0.1, 0.15) is 12.2 Å². The van der Waals surface area contributed by atoms with Gasteiger partial charge in [-0.25, -0.2) is 0 Å². The van der Waals surface area contributed by atoms with E-state index in [0.29, 0.717) is 31.6 Å². The van der Waals surface area contributed by atoms with Gasteiger partial charge in [-0.15, -0.1) is 0 Å². The summed E-state index contributed by atoms with van der Waals surface area (Å²) in [7, 11) is -0.397. The molecular weight excluding hydrogens is 460 g/mol. The zero-order valence-corrected chi connectivity index (χ0v) is 24.1. The minimum Gasteiger partial charge on any atom is -0.464 e. The van der Waals surface area contributed by atoms with Crippen LogP contribution in [0.25, 0.3) is 0 Å². The summed E-state index contributed by atoms with van der Waals surface area (Å²) in [6, 6.07) is 0. The highest BCUT2D eigenvalue weighted by Crippen LogP contribution is 2.68. The zero-order valence-electron chi connectivity index (χ0n) is 23.1. The second-order valence-electron chi connectivity index (χ2n) is 13.8. The van der Waals surface area contributed by atoms with Crippen LogP contribution in [0.2, 0.25) is 18.1 Å². The standard InChI is InChI=1S/C28H46O6Si/c1-18-19-13-20(33-17-31-7)22-27(16-32-24(30)28(22,14-19)23(18)29)12-10-11-26(5,6)21(27)15-34-35(8,9)25(2,3)4/h19-22H,1,10-17H2,2-9H3/t19-,20-,21-,22+,27+,28-/m1/s1. The summed E-state index contributed by atoms with van der Waals surface area (Å²) in [6.45, 7) is 21.2. The lowest BCUT2D eigenvalue weighted by molar-refractivity contribution is -0.245. The Bertz CT molecular complexity index is 888. The van der Waals surface area contributed by atoms with Crippen molar-refractivity contribution in [2.24, 2.45) is 34.0 Å². The summed E-state index contributed by atoms with van der Waals surface area (Å²) in [4.78, 5) is 27.3. The molecule has 3 aliphatic carbocycles. The Hall–Kier alpha value is -1.02. The molecule has 6 nitrogen and oxygen atoms in total. The molecule has 4 rings (SSSR count). The van der Waals surface area contributed by atoms with Crippen LogP contribution in [-0.2, 0) is 28.2 Å². The molecule has 2 spiro atoms. The first-order chi connectivity index (χ1) is 16.1. The summed E-state index contributed by atoms with van der Waals surface area (Å²) < 4.78 is 24.5. The first-order valence-electron chi connectivity index (χ1n) is 13.3. The molecule has 0 amide bonds. The number of carbonyl (C=O) groups excluding carboxylic acids is 2. The SMILES string of the molecule is C=C1C(=O)[C@@]23C[C@H]1C[C@@H](OCOC)[C@H]2[C@@]1(CCCC(C)(C)[C@H]1CO[Si](C)(C)C(C)(C)C)COC3=O. The monoisotopic (exact) mass is 506 g/mol. The number of rotatable bonds is 6. The normalized spacial score (nSPS) is 39.0. The van der Waals surface area contributed by atoms with Crippen molar-refractivity contribution in [1.82, 2.24) is 0 Å². The van der Waals surface area contributed by atoms with Gasteiger partial charge in [-0.2, -0.15) is 0 Å². The maximum atomic E-state index is 13.8. The van der Waals surface area contributed by atoms with Gasteiger partial charge in [-0.05, 0) is 66.6 Å². The van der Waals surface area contributed by atoms with Gasteiger partial charge in [0.2, 0.25) is 0 Å². The van der Waals surface area contributed by atoms with Crippen molar-refractivity contribution >= 4 is 20.1 Å². The van der Waals surface area contributed by atoms with Crippen LogP contribution in [-0.4, -0.2) is 53.3 Å². The van der Waals surface area contributed by atoms with E-state index in [9.17, 15) is 9.59 Å². The molecule has 3 saturated carbocycles. The number of fused-ring (bicyclic) bond motifs is 2. The maximum Gasteiger partial charge on any atom is 0.320 e. The zero-order chi connectivity index (χ0) is 26.0. The van der Waals surface area contributed by atoms with Gasteiger partial charge < -0.3 is 18.6 Å². The Morgan fingerprint density at radius 2 is 1.86 bits per heavy atom. The summed E-state index contributed by atoms with van der Waals surface area (Å²) in [5, 5.41) is 0.0978. The third-order valence-electron chi connectivity index (χ3n) is 10.6. The lowest BCUT2D eigenvalue weighted by Gasteiger charge is -2.62. The Balaban J connectivity index is 1.82. The number of Topliss-reactive ketones (excluding diaryl/α,β-unsaturated/α-hetero) is 1. The maximum absolute atomic E-state index is 13.8. The molecule has 7 heteroatoms. The Morgan fingerprint density at radius 3 is 2.49 bits per heavy atom. The van der Waals surface area contributed by atoms with Gasteiger partial charge in [0, 0.05) is 25.0 Å². The minimum absolute atomic E-state index is 0.0210. The molecule has 0 radical (unpaired) electrons. The Labute approximate surface area is 212 Å². The number of esters is 1. The smallest absolute Gasteiger partial charge is 0.320 e. The van der Waals surface area contributed by atoms with Crippen molar-refractivity contribution in [3.63, 3.8) is 0 Å². The van der Waals surface area contributed by atoms with Crippen molar-refractivity contribution in [2.45, 2.75) is 91.0 Å². The number of carbonyl (C=O) groups is 2. The van der Waals surface area contributed by atoms with Crippen molar-refractivity contribution < 1.29 is 28.2 Å². The number of methoxy groups -OCH3 is 1. The van der Waals surface area contributed by atoms with E-state index < -0.39 is 13.7 Å². The molecule has 1 saturated heterocycles. The van der Waals surface area contributed by atoms with Crippen LogP contribution in [0.3, 0.4) is 0 Å². The largest absolute Gasteiger partial charge is 0.464 e. The summed E-state index contributed by atoms with van der Waals surface area (Å²) in [5.41, 5.74) is -1.04. The van der Waals surface area contributed by atoms with Gasteiger partial charge in [-0.1, -0.05) is 47.6 Å². The van der Waals surface area contributed by atoms with E-state index in [1.54, 1.807) is 7.11 Å². The molecule has 35 heavy (non-hydrogen) atoms. The number of allylic oxidation sites excluding steroid dienone is 1. The fourth-order valence-electron chi connectivity index (χ4n) is 7.65. The first-order valence-corrected chi connectivity index (χ1v) is 16.2. The number of hydrogen-bond acceptors (Lipinski definition) is 6. The van der Waals surface area contributed by atoms with Crippen LogP contribution in [0.5, 0.6) is 0 Å². The quantitative estimate of drug-likeness (QED) is 0.155. The van der Waals surface area contributed by atoms with E-state index in [1.807, 2.05) is 0 Å². The van der Waals surface area contributed by atoms with Gasteiger partial charge >= 0.3 is 5.97 Å². The van der Waals surface area contributed by atoms with E-state index in [-0.39, 0.29) is 58.3 Å². The molecular formula is C28H46O6Si. The fourth-order valence-corrected chi connectivity index (χ4v) is 8.67. The van der Waals surface area contributed by atoms with Gasteiger partial charge in [0.15, 0.2) is 14.1 Å². The average molecular weight is 507 g/mol. The average Bonchev–Trinajstić information content (AvgIpc) is 2.95. The lowest BCUT2D eigenvalue weighted by Crippen LogP contribution is -2.67. The van der Waals surface area contributed by atoms with E-state index in [0.717, 1.165) is 19.3 Å². The minimum atomic E-state index is -2.01. The molecule has 6 atom stereocenters.